The summed E-state index contributed by atoms with van der Waals surface area (Å²) < 4.78 is 32.6. The molecule has 6 nitrogen and oxygen atoms in total. The number of benzene rings is 2. The van der Waals surface area contributed by atoms with Crippen molar-refractivity contribution in [2.24, 2.45) is 0 Å². The predicted octanol–water partition coefficient (Wildman–Crippen LogP) is 3.57. The zero-order chi connectivity index (χ0) is 19.0. The summed E-state index contributed by atoms with van der Waals surface area (Å²) in [6.07, 6.45) is 6.47. The van der Waals surface area contributed by atoms with Crippen molar-refractivity contribution in [1.29, 1.82) is 0 Å². The minimum atomic E-state index is -3.78. The number of amides is 1. The Morgan fingerprint density at radius 1 is 1.04 bits per heavy atom. The van der Waals surface area contributed by atoms with E-state index in [1.54, 1.807) is 54.6 Å². The Bertz CT molecular complexity index is 917. The smallest absolute Gasteiger partial charge is 0.261 e. The van der Waals surface area contributed by atoms with Gasteiger partial charge in [-0.2, -0.15) is 0 Å². The quantitative estimate of drug-likeness (QED) is 0.575. The molecule has 7 heteroatoms. The molecule has 0 heterocycles. The van der Waals surface area contributed by atoms with Crippen molar-refractivity contribution in [3.63, 3.8) is 0 Å². The van der Waals surface area contributed by atoms with Crippen LogP contribution in [0.3, 0.4) is 0 Å². The fourth-order valence-corrected chi connectivity index (χ4v) is 3.16. The zero-order valence-corrected chi connectivity index (χ0v) is 15.3. The lowest BCUT2D eigenvalue weighted by atomic mass is 10.3. The molecule has 2 aromatic carbocycles. The second kappa shape index (κ2) is 8.87. The summed E-state index contributed by atoms with van der Waals surface area (Å²) in [7, 11) is -2.25. The van der Waals surface area contributed by atoms with E-state index in [-0.39, 0.29) is 10.8 Å². The molecule has 0 aliphatic carbocycles. The van der Waals surface area contributed by atoms with E-state index in [1.165, 1.54) is 25.3 Å². The van der Waals surface area contributed by atoms with Crippen molar-refractivity contribution < 1.29 is 17.9 Å². The minimum absolute atomic E-state index is 0.0450. The van der Waals surface area contributed by atoms with Gasteiger partial charge in [0.05, 0.1) is 12.0 Å². The maximum absolute atomic E-state index is 12.5. The number of rotatable bonds is 7. The largest absolute Gasteiger partial charge is 0.497 e. The van der Waals surface area contributed by atoms with Crippen molar-refractivity contribution in [1.82, 2.24) is 0 Å². The standard InChI is InChI=1S/C19H20N2O4S/c1-3-4-5-9-19(22)20-16-7-6-8-18(14-16)26(23,24)21-15-10-12-17(25-2)13-11-15/h3-14,21H,1-2H3,(H,20,22)/b4-3+,9-5+. The van der Waals surface area contributed by atoms with Gasteiger partial charge in [0.1, 0.15) is 5.75 Å². The van der Waals surface area contributed by atoms with Crippen LogP contribution >= 0.6 is 0 Å². The SMILES string of the molecule is C/C=C/C=C/C(=O)Nc1cccc(S(=O)(=O)Nc2ccc(OC)cc2)c1. The highest BCUT2D eigenvalue weighted by atomic mass is 32.2. The first-order chi connectivity index (χ1) is 12.4. The monoisotopic (exact) mass is 372 g/mol. The molecule has 0 aromatic heterocycles. The molecule has 0 bridgehead atoms. The summed E-state index contributed by atoms with van der Waals surface area (Å²) in [4.78, 5) is 11.8. The normalized spacial score (nSPS) is 11.6. The van der Waals surface area contributed by atoms with Gasteiger partial charge >= 0.3 is 0 Å². The summed E-state index contributed by atoms with van der Waals surface area (Å²) in [5.74, 6) is 0.282. The number of hydrogen-bond donors (Lipinski definition) is 2. The van der Waals surface area contributed by atoms with Crippen LogP contribution in [0.4, 0.5) is 11.4 Å². The molecule has 136 valence electrons. The highest BCUT2D eigenvalue weighted by Crippen LogP contribution is 2.21. The maximum Gasteiger partial charge on any atom is 0.261 e. The Balaban J connectivity index is 2.15. The molecule has 2 aromatic rings. The van der Waals surface area contributed by atoms with Crippen LogP contribution < -0.4 is 14.8 Å². The first-order valence-electron chi connectivity index (χ1n) is 7.82. The van der Waals surface area contributed by atoms with E-state index in [4.69, 9.17) is 4.74 Å². The van der Waals surface area contributed by atoms with Gasteiger partial charge in [-0.1, -0.05) is 24.3 Å². The highest BCUT2D eigenvalue weighted by molar-refractivity contribution is 7.92. The molecule has 0 atom stereocenters. The predicted molar refractivity (Wildman–Crippen MR) is 103 cm³/mol. The molecule has 0 saturated carbocycles. The number of sulfonamides is 1. The van der Waals surface area contributed by atoms with Gasteiger partial charge in [-0.15, -0.1) is 0 Å². The van der Waals surface area contributed by atoms with Crippen LogP contribution in [0.2, 0.25) is 0 Å². The maximum atomic E-state index is 12.5. The number of allylic oxidation sites excluding steroid dienone is 3. The van der Waals surface area contributed by atoms with E-state index in [2.05, 4.69) is 10.0 Å². The molecular weight excluding hydrogens is 352 g/mol. The average Bonchev–Trinajstić information content (AvgIpc) is 2.62. The highest BCUT2D eigenvalue weighted by Gasteiger charge is 2.15. The summed E-state index contributed by atoms with van der Waals surface area (Å²) in [5.41, 5.74) is 0.798. The Labute approximate surface area is 153 Å². The van der Waals surface area contributed by atoms with Crippen LogP contribution in [0.15, 0.2) is 77.7 Å². The van der Waals surface area contributed by atoms with Gasteiger partial charge in [0.15, 0.2) is 0 Å². The molecule has 0 aliphatic heterocycles. The molecule has 2 N–H and O–H groups in total. The topological polar surface area (TPSA) is 84.5 Å². The number of hydrogen-bond acceptors (Lipinski definition) is 4. The zero-order valence-electron chi connectivity index (χ0n) is 14.5. The van der Waals surface area contributed by atoms with E-state index < -0.39 is 10.0 Å². The van der Waals surface area contributed by atoms with Crippen LogP contribution in [0, 0.1) is 0 Å². The van der Waals surface area contributed by atoms with E-state index in [9.17, 15) is 13.2 Å². The molecule has 0 unspecified atom stereocenters. The Hall–Kier alpha value is -3.06. The summed E-state index contributed by atoms with van der Waals surface area (Å²) >= 11 is 0. The second-order valence-corrected chi connectivity index (χ2v) is 6.92. The van der Waals surface area contributed by atoms with Crippen LogP contribution in [-0.4, -0.2) is 21.4 Å². The lowest BCUT2D eigenvalue weighted by Gasteiger charge is -2.10. The molecule has 26 heavy (non-hydrogen) atoms. The number of ether oxygens (including phenoxy) is 1. The van der Waals surface area contributed by atoms with Crippen molar-refractivity contribution in [2.75, 3.05) is 17.1 Å². The van der Waals surface area contributed by atoms with Crippen molar-refractivity contribution in [3.05, 3.63) is 72.8 Å². The van der Waals surface area contributed by atoms with Gasteiger partial charge in [-0.25, -0.2) is 8.42 Å². The number of methoxy groups -OCH3 is 1. The molecule has 0 saturated heterocycles. The third kappa shape index (κ3) is 5.49. The fraction of sp³-hybridized carbons (Fsp3) is 0.105. The van der Waals surface area contributed by atoms with Crippen molar-refractivity contribution in [2.45, 2.75) is 11.8 Å². The molecule has 0 fully saturated rings. The Kier molecular flexibility index (Phi) is 6.57. The van der Waals surface area contributed by atoms with Crippen LogP contribution in [0.5, 0.6) is 5.75 Å². The third-order valence-corrected chi connectivity index (χ3v) is 4.68. The first kappa shape index (κ1) is 19.3. The van der Waals surface area contributed by atoms with Crippen molar-refractivity contribution in [3.8, 4) is 5.75 Å². The lowest BCUT2D eigenvalue weighted by molar-refractivity contribution is -0.111. The fourth-order valence-electron chi connectivity index (χ4n) is 2.05. The van der Waals surface area contributed by atoms with E-state index in [0.717, 1.165) is 0 Å². The summed E-state index contributed by atoms with van der Waals surface area (Å²) in [6, 6.07) is 12.6. The van der Waals surface area contributed by atoms with Gasteiger partial charge < -0.3 is 10.1 Å². The van der Waals surface area contributed by atoms with Gasteiger partial charge in [0.2, 0.25) is 5.91 Å². The Morgan fingerprint density at radius 2 is 1.77 bits per heavy atom. The summed E-state index contributed by atoms with van der Waals surface area (Å²) in [5, 5.41) is 2.62. The third-order valence-electron chi connectivity index (χ3n) is 3.31. The second-order valence-electron chi connectivity index (χ2n) is 5.24. The van der Waals surface area contributed by atoms with Gasteiger partial charge in [-0.05, 0) is 49.4 Å². The molecule has 1 amide bonds. The summed E-state index contributed by atoms with van der Waals surface area (Å²) in [6.45, 7) is 1.84. The average molecular weight is 372 g/mol. The molecule has 0 spiro atoms. The minimum Gasteiger partial charge on any atom is -0.497 e. The number of anilines is 2. The van der Waals surface area contributed by atoms with Crippen LogP contribution in [0.1, 0.15) is 6.92 Å². The number of carbonyl (C=O) groups is 1. The molecular formula is C19H20N2O4S. The van der Waals surface area contributed by atoms with Crippen LogP contribution in [0.25, 0.3) is 0 Å². The van der Waals surface area contributed by atoms with Crippen molar-refractivity contribution >= 4 is 27.3 Å². The van der Waals surface area contributed by atoms with E-state index in [1.807, 2.05) is 6.92 Å². The Morgan fingerprint density at radius 3 is 2.42 bits per heavy atom. The molecule has 0 radical (unpaired) electrons. The van der Waals surface area contributed by atoms with E-state index in [0.29, 0.717) is 17.1 Å². The first-order valence-corrected chi connectivity index (χ1v) is 9.30. The molecule has 2 rings (SSSR count). The van der Waals surface area contributed by atoms with Crippen LogP contribution in [-0.2, 0) is 14.8 Å². The number of carbonyl (C=O) groups excluding carboxylic acids is 1. The lowest BCUT2D eigenvalue weighted by Crippen LogP contribution is -2.14. The number of nitrogens with one attached hydrogen (secondary N) is 2. The van der Waals surface area contributed by atoms with Gasteiger partial charge in [0, 0.05) is 17.5 Å². The van der Waals surface area contributed by atoms with Gasteiger partial charge in [0.25, 0.3) is 10.0 Å². The van der Waals surface area contributed by atoms with E-state index >= 15 is 0 Å². The van der Waals surface area contributed by atoms with Gasteiger partial charge in [-0.3, -0.25) is 9.52 Å². The molecule has 0 aliphatic rings.